The molecule has 0 fully saturated rings. The first kappa shape index (κ1) is 34.5. The van der Waals surface area contributed by atoms with E-state index in [-0.39, 0.29) is 0 Å². The molecule has 1 nitrogen and oxygen atoms in total. The standard InChI is InChI=1S/C9H9F3.C8H10O.4C2H6/c1-7(9(10,11)12)8-5-3-2-4-6-8;1-7-3-5-8(9-2)6-4-7;4*1-2/h2-7H,1H3;3-6H,1-2H3;4*1-2H3. The Morgan fingerprint density at radius 2 is 1.07 bits per heavy atom. The van der Waals surface area contributed by atoms with Gasteiger partial charge in [0.1, 0.15) is 5.75 Å². The fraction of sp³-hybridized carbons (Fsp3) is 0.520. The minimum Gasteiger partial charge on any atom is -0.497 e. The summed E-state index contributed by atoms with van der Waals surface area (Å²) in [6.07, 6.45) is -4.14. The Balaban J connectivity index is -0.000000163. The molecule has 4 heteroatoms. The van der Waals surface area contributed by atoms with Crippen LogP contribution in [0.3, 0.4) is 0 Å². The Kier molecular flexibility index (Phi) is 28.7. The number of aryl methyl sites for hydroxylation is 1. The molecule has 0 aliphatic heterocycles. The van der Waals surface area contributed by atoms with Crippen LogP contribution >= 0.6 is 0 Å². The maximum Gasteiger partial charge on any atom is 0.395 e. The summed E-state index contributed by atoms with van der Waals surface area (Å²) in [5, 5.41) is 0. The second-order valence-electron chi connectivity index (χ2n) is 4.69. The molecule has 0 amide bonds. The van der Waals surface area contributed by atoms with E-state index in [0.29, 0.717) is 5.56 Å². The summed E-state index contributed by atoms with van der Waals surface area (Å²) < 4.78 is 41.4. The van der Waals surface area contributed by atoms with Crippen LogP contribution in [0.5, 0.6) is 5.75 Å². The van der Waals surface area contributed by atoms with Crippen LogP contribution in [0.1, 0.15) is 79.4 Å². The highest BCUT2D eigenvalue weighted by molar-refractivity contribution is 5.25. The molecule has 0 aliphatic rings. The molecule has 0 aliphatic carbocycles. The number of benzene rings is 2. The number of hydrogen-bond donors (Lipinski definition) is 0. The third-order valence-electron chi connectivity index (χ3n) is 3.05. The minimum atomic E-state index is -4.14. The zero-order valence-corrected chi connectivity index (χ0v) is 20.3. The van der Waals surface area contributed by atoms with E-state index in [1.807, 2.05) is 79.7 Å². The van der Waals surface area contributed by atoms with E-state index in [1.165, 1.54) is 17.7 Å². The van der Waals surface area contributed by atoms with Gasteiger partial charge in [0.25, 0.3) is 0 Å². The number of halogens is 3. The number of ether oxygens (including phenoxy) is 1. The van der Waals surface area contributed by atoms with Gasteiger partial charge in [-0.05, 0) is 31.5 Å². The zero-order chi connectivity index (χ0) is 23.9. The van der Waals surface area contributed by atoms with Crippen molar-refractivity contribution >= 4 is 0 Å². The maximum absolute atomic E-state index is 12.1. The minimum absolute atomic E-state index is 0.310. The highest BCUT2D eigenvalue weighted by atomic mass is 19.4. The van der Waals surface area contributed by atoms with Gasteiger partial charge in [0.2, 0.25) is 0 Å². The molecule has 0 N–H and O–H groups in total. The summed E-state index contributed by atoms with van der Waals surface area (Å²) in [6, 6.07) is 15.8. The highest BCUT2D eigenvalue weighted by Gasteiger charge is 2.36. The van der Waals surface area contributed by atoms with Crippen molar-refractivity contribution in [2.45, 2.75) is 81.3 Å². The second-order valence-corrected chi connectivity index (χ2v) is 4.69. The van der Waals surface area contributed by atoms with Crippen molar-refractivity contribution in [1.29, 1.82) is 0 Å². The first-order valence-corrected chi connectivity index (χ1v) is 10.6. The number of hydrogen-bond acceptors (Lipinski definition) is 1. The summed E-state index contributed by atoms with van der Waals surface area (Å²) in [5.74, 6) is -0.459. The molecule has 2 aromatic rings. The Morgan fingerprint density at radius 3 is 1.38 bits per heavy atom. The normalized spacial score (nSPS) is 9.59. The van der Waals surface area contributed by atoms with Gasteiger partial charge in [-0.1, -0.05) is 103 Å². The van der Waals surface area contributed by atoms with Crippen molar-refractivity contribution in [1.82, 2.24) is 0 Å². The van der Waals surface area contributed by atoms with Crippen molar-refractivity contribution in [3.8, 4) is 5.75 Å². The molecule has 29 heavy (non-hydrogen) atoms. The van der Waals surface area contributed by atoms with Gasteiger partial charge in [0, 0.05) is 0 Å². The summed E-state index contributed by atoms with van der Waals surface area (Å²) in [7, 11) is 1.67. The first-order chi connectivity index (χ1) is 13.8. The predicted octanol–water partition coefficient (Wildman–Crippen LogP) is 9.46. The summed E-state index contributed by atoms with van der Waals surface area (Å²) in [5.41, 5.74) is 1.57. The van der Waals surface area contributed by atoms with E-state index < -0.39 is 12.1 Å². The molecule has 170 valence electrons. The van der Waals surface area contributed by atoms with Gasteiger partial charge in [-0.25, -0.2) is 0 Å². The summed E-state index contributed by atoms with van der Waals surface area (Å²) in [6.45, 7) is 19.2. The Bertz CT molecular complexity index is 520. The first-order valence-electron chi connectivity index (χ1n) is 10.6. The molecule has 0 spiro atoms. The van der Waals surface area contributed by atoms with E-state index in [0.717, 1.165) is 12.7 Å². The van der Waals surface area contributed by atoms with Crippen LogP contribution in [-0.2, 0) is 0 Å². The predicted molar refractivity (Wildman–Crippen MR) is 124 cm³/mol. The quantitative estimate of drug-likeness (QED) is 0.473. The van der Waals surface area contributed by atoms with Crippen LogP contribution in [-0.4, -0.2) is 13.3 Å². The fourth-order valence-corrected chi connectivity index (χ4v) is 1.61. The average Bonchev–Trinajstić information content (AvgIpc) is 2.80. The van der Waals surface area contributed by atoms with Crippen LogP contribution in [0.2, 0.25) is 0 Å². The average molecular weight is 417 g/mol. The van der Waals surface area contributed by atoms with E-state index in [2.05, 4.69) is 6.92 Å². The molecular weight excluding hydrogens is 373 g/mol. The fourth-order valence-electron chi connectivity index (χ4n) is 1.61. The zero-order valence-electron chi connectivity index (χ0n) is 20.3. The summed E-state index contributed by atoms with van der Waals surface area (Å²) >= 11 is 0. The van der Waals surface area contributed by atoms with Crippen molar-refractivity contribution in [3.05, 3.63) is 65.7 Å². The van der Waals surface area contributed by atoms with Crippen molar-refractivity contribution in [3.63, 3.8) is 0 Å². The van der Waals surface area contributed by atoms with Gasteiger partial charge in [0.05, 0.1) is 13.0 Å². The SMILES string of the molecule is CC.CC.CC.CC.CC(c1ccccc1)C(F)(F)F.COc1ccc(C)cc1. The summed E-state index contributed by atoms with van der Waals surface area (Å²) in [4.78, 5) is 0. The maximum atomic E-state index is 12.1. The van der Waals surface area contributed by atoms with Crippen molar-refractivity contribution in [2.75, 3.05) is 7.11 Å². The second kappa shape index (κ2) is 24.1. The number of rotatable bonds is 2. The molecule has 1 atom stereocenters. The molecule has 0 bridgehead atoms. The molecule has 2 aromatic carbocycles. The Hall–Kier alpha value is -1.97. The third kappa shape index (κ3) is 19.1. The van der Waals surface area contributed by atoms with E-state index in [9.17, 15) is 13.2 Å². The highest BCUT2D eigenvalue weighted by Crippen LogP contribution is 2.33. The number of alkyl halides is 3. The lowest BCUT2D eigenvalue weighted by atomic mass is 10.0. The van der Waals surface area contributed by atoms with E-state index >= 15 is 0 Å². The topological polar surface area (TPSA) is 9.23 Å². The van der Waals surface area contributed by atoms with Gasteiger partial charge in [-0.15, -0.1) is 0 Å². The lowest BCUT2D eigenvalue weighted by Gasteiger charge is -2.15. The van der Waals surface area contributed by atoms with Crippen molar-refractivity contribution < 1.29 is 17.9 Å². The largest absolute Gasteiger partial charge is 0.497 e. The van der Waals surface area contributed by atoms with Gasteiger partial charge >= 0.3 is 6.18 Å². The van der Waals surface area contributed by atoms with E-state index in [4.69, 9.17) is 4.74 Å². The molecule has 0 aromatic heterocycles. The van der Waals surface area contributed by atoms with Crippen LogP contribution in [0, 0.1) is 6.92 Å². The lowest BCUT2D eigenvalue weighted by Crippen LogP contribution is -2.17. The molecule has 0 heterocycles. The molecule has 2 rings (SSSR count). The molecule has 1 unspecified atom stereocenters. The number of methoxy groups -OCH3 is 1. The van der Waals surface area contributed by atoms with Crippen LogP contribution in [0.25, 0.3) is 0 Å². The molecule has 0 radical (unpaired) electrons. The Labute approximate surface area is 178 Å². The van der Waals surface area contributed by atoms with Crippen LogP contribution in [0.15, 0.2) is 54.6 Å². The Morgan fingerprint density at radius 1 is 0.690 bits per heavy atom. The lowest BCUT2D eigenvalue weighted by molar-refractivity contribution is -0.146. The molecular formula is C25H43F3O. The van der Waals surface area contributed by atoms with Crippen LogP contribution in [0.4, 0.5) is 13.2 Å². The third-order valence-corrected chi connectivity index (χ3v) is 3.05. The van der Waals surface area contributed by atoms with Gasteiger partial charge in [-0.2, -0.15) is 13.2 Å². The smallest absolute Gasteiger partial charge is 0.395 e. The van der Waals surface area contributed by atoms with Gasteiger partial charge in [0.15, 0.2) is 0 Å². The van der Waals surface area contributed by atoms with E-state index in [1.54, 1.807) is 25.3 Å². The monoisotopic (exact) mass is 416 g/mol. The molecule has 0 saturated carbocycles. The van der Waals surface area contributed by atoms with Crippen LogP contribution < -0.4 is 4.74 Å². The van der Waals surface area contributed by atoms with Crippen molar-refractivity contribution in [2.24, 2.45) is 0 Å². The molecule has 0 saturated heterocycles. The van der Waals surface area contributed by atoms with Gasteiger partial charge in [-0.3, -0.25) is 0 Å². The van der Waals surface area contributed by atoms with Gasteiger partial charge < -0.3 is 4.74 Å².